The molecular weight excluding hydrogens is 200 g/mol. The van der Waals surface area contributed by atoms with E-state index in [1.807, 2.05) is 48.6 Å². The zero-order valence-electron chi connectivity index (χ0n) is 8.85. The minimum Gasteiger partial charge on any atom is -0.339 e. The average molecular weight is 212 g/mol. The number of rotatable bonds is 2. The van der Waals surface area contributed by atoms with Gasteiger partial charge >= 0.3 is 0 Å². The first-order chi connectivity index (χ1) is 7.92. The Kier molecular flexibility index (Phi) is 2.26. The van der Waals surface area contributed by atoms with Gasteiger partial charge in [0.1, 0.15) is 0 Å². The highest BCUT2D eigenvalue weighted by molar-refractivity contribution is 5.41. The van der Waals surface area contributed by atoms with E-state index in [0.29, 0.717) is 13.2 Å². The summed E-state index contributed by atoms with van der Waals surface area (Å²) in [6.07, 6.45) is 5.81. The number of hydrogen-bond acceptors (Lipinski definition) is 2. The third-order valence-electron chi connectivity index (χ3n) is 2.80. The standard InChI is InChI=1S/C14H12O2/c1-2-6-12(7-3-1)14(15-10-11-16-14)13-8-4-5-9-13/h1-8H,10-11H2. The lowest BCUT2D eigenvalue weighted by molar-refractivity contribution is -0.130. The summed E-state index contributed by atoms with van der Waals surface area (Å²) in [6.45, 7) is 1.24. The van der Waals surface area contributed by atoms with Crippen molar-refractivity contribution in [2.45, 2.75) is 5.79 Å². The maximum Gasteiger partial charge on any atom is 0.229 e. The average Bonchev–Trinajstić information content (AvgIpc) is 3.02. The third-order valence-corrected chi connectivity index (χ3v) is 2.80. The highest BCUT2D eigenvalue weighted by atomic mass is 16.7. The second-order valence-electron chi connectivity index (χ2n) is 3.76. The number of benzene rings is 1. The fourth-order valence-corrected chi connectivity index (χ4v) is 2.08. The molecule has 3 rings (SSSR count). The Morgan fingerprint density at radius 3 is 2.44 bits per heavy atom. The lowest BCUT2D eigenvalue weighted by Crippen LogP contribution is -2.28. The highest BCUT2D eigenvalue weighted by Gasteiger charge is 2.41. The van der Waals surface area contributed by atoms with Crippen LogP contribution < -0.4 is 0 Å². The van der Waals surface area contributed by atoms with Crippen molar-refractivity contribution in [2.24, 2.45) is 0 Å². The van der Waals surface area contributed by atoms with E-state index in [1.54, 1.807) is 0 Å². The molecular formula is C14H12O2. The largest absolute Gasteiger partial charge is 0.339 e. The zero-order chi connectivity index (χ0) is 10.8. The van der Waals surface area contributed by atoms with Crippen LogP contribution in [0.3, 0.4) is 0 Å². The summed E-state index contributed by atoms with van der Waals surface area (Å²) in [7, 11) is 0. The molecule has 0 bridgehead atoms. The topological polar surface area (TPSA) is 18.5 Å². The van der Waals surface area contributed by atoms with Gasteiger partial charge in [0.25, 0.3) is 0 Å². The predicted octanol–water partition coefficient (Wildman–Crippen LogP) is 2.54. The first-order valence-electron chi connectivity index (χ1n) is 5.39. The molecule has 0 N–H and O–H groups in total. The van der Waals surface area contributed by atoms with Gasteiger partial charge < -0.3 is 9.47 Å². The Hall–Kier alpha value is -1.60. The van der Waals surface area contributed by atoms with Gasteiger partial charge in [0.05, 0.1) is 18.8 Å². The summed E-state index contributed by atoms with van der Waals surface area (Å²) in [5.74, 6) is -0.745. The van der Waals surface area contributed by atoms with E-state index >= 15 is 0 Å². The van der Waals surface area contributed by atoms with E-state index in [2.05, 4.69) is 5.73 Å². The van der Waals surface area contributed by atoms with Crippen molar-refractivity contribution in [3.05, 3.63) is 65.4 Å². The SMILES string of the molecule is C1=CC=CC=1C1(c2ccccc2)OCCO1. The van der Waals surface area contributed by atoms with E-state index in [9.17, 15) is 0 Å². The minimum atomic E-state index is -0.745. The molecule has 1 aliphatic heterocycles. The maximum absolute atomic E-state index is 5.82. The molecule has 1 saturated heterocycles. The van der Waals surface area contributed by atoms with Gasteiger partial charge in [-0.3, -0.25) is 0 Å². The molecule has 0 radical (unpaired) electrons. The van der Waals surface area contributed by atoms with Crippen LogP contribution in [0.2, 0.25) is 0 Å². The molecule has 1 aliphatic carbocycles. The summed E-state index contributed by atoms with van der Waals surface area (Å²) in [5.41, 5.74) is 5.13. The van der Waals surface area contributed by atoms with E-state index < -0.39 is 5.79 Å². The Labute approximate surface area is 94.5 Å². The normalized spacial score (nSPS) is 21.4. The van der Waals surface area contributed by atoms with E-state index in [1.165, 1.54) is 0 Å². The molecule has 0 amide bonds. The highest BCUT2D eigenvalue weighted by Crippen LogP contribution is 2.39. The fraction of sp³-hybridized carbons (Fsp3) is 0.214. The van der Waals surface area contributed by atoms with Crippen LogP contribution in [-0.2, 0) is 15.3 Å². The quantitative estimate of drug-likeness (QED) is 0.701. The molecule has 2 aliphatic rings. The van der Waals surface area contributed by atoms with Crippen LogP contribution in [0.5, 0.6) is 0 Å². The Bertz CT molecular complexity index is 473. The summed E-state index contributed by atoms with van der Waals surface area (Å²) >= 11 is 0. The van der Waals surface area contributed by atoms with Gasteiger partial charge in [-0.2, -0.15) is 0 Å². The Balaban J connectivity index is 2.10. The molecule has 2 heteroatoms. The molecule has 1 fully saturated rings. The van der Waals surface area contributed by atoms with Crippen molar-refractivity contribution in [2.75, 3.05) is 13.2 Å². The summed E-state index contributed by atoms with van der Waals surface area (Å²) in [4.78, 5) is 0. The second-order valence-corrected chi connectivity index (χ2v) is 3.76. The molecule has 1 aromatic rings. The Morgan fingerprint density at radius 1 is 1.06 bits per heavy atom. The molecule has 16 heavy (non-hydrogen) atoms. The van der Waals surface area contributed by atoms with Crippen molar-refractivity contribution >= 4 is 0 Å². The van der Waals surface area contributed by atoms with Crippen LogP contribution >= 0.6 is 0 Å². The first kappa shape index (κ1) is 9.61. The number of hydrogen-bond donors (Lipinski definition) is 0. The van der Waals surface area contributed by atoms with Crippen LogP contribution in [0, 0.1) is 0 Å². The van der Waals surface area contributed by atoms with Gasteiger partial charge in [0, 0.05) is 5.56 Å². The van der Waals surface area contributed by atoms with Crippen molar-refractivity contribution in [3.8, 4) is 0 Å². The summed E-state index contributed by atoms with van der Waals surface area (Å²) in [5, 5.41) is 0. The first-order valence-corrected chi connectivity index (χ1v) is 5.39. The molecule has 0 spiro atoms. The van der Waals surface area contributed by atoms with Crippen molar-refractivity contribution in [1.29, 1.82) is 0 Å². The van der Waals surface area contributed by atoms with Crippen LogP contribution in [0.4, 0.5) is 0 Å². The van der Waals surface area contributed by atoms with Crippen LogP contribution in [0.1, 0.15) is 5.56 Å². The monoisotopic (exact) mass is 212 g/mol. The van der Waals surface area contributed by atoms with Crippen LogP contribution in [-0.4, -0.2) is 13.2 Å². The van der Waals surface area contributed by atoms with Gasteiger partial charge in [-0.25, -0.2) is 0 Å². The molecule has 0 aromatic heterocycles. The van der Waals surface area contributed by atoms with Crippen molar-refractivity contribution in [3.63, 3.8) is 0 Å². The summed E-state index contributed by atoms with van der Waals surface area (Å²) < 4.78 is 11.6. The molecule has 1 heterocycles. The summed E-state index contributed by atoms with van der Waals surface area (Å²) in [6, 6.07) is 10.0. The van der Waals surface area contributed by atoms with Gasteiger partial charge in [0.15, 0.2) is 0 Å². The van der Waals surface area contributed by atoms with Gasteiger partial charge in [-0.05, 0) is 12.2 Å². The number of allylic oxidation sites excluding steroid dienone is 1. The van der Waals surface area contributed by atoms with Gasteiger partial charge in [-0.1, -0.05) is 36.4 Å². The van der Waals surface area contributed by atoms with Crippen molar-refractivity contribution < 1.29 is 9.47 Å². The van der Waals surface area contributed by atoms with E-state index in [-0.39, 0.29) is 0 Å². The van der Waals surface area contributed by atoms with Crippen LogP contribution in [0.25, 0.3) is 0 Å². The number of ether oxygens (including phenoxy) is 2. The Morgan fingerprint density at radius 2 is 1.81 bits per heavy atom. The minimum absolute atomic E-state index is 0.619. The molecule has 2 nitrogen and oxygen atoms in total. The van der Waals surface area contributed by atoms with Gasteiger partial charge in [-0.15, -0.1) is 5.73 Å². The van der Waals surface area contributed by atoms with E-state index in [0.717, 1.165) is 11.1 Å². The third kappa shape index (κ3) is 1.36. The van der Waals surface area contributed by atoms with E-state index in [4.69, 9.17) is 9.47 Å². The molecule has 0 unspecified atom stereocenters. The predicted molar refractivity (Wildman–Crippen MR) is 60.8 cm³/mol. The lowest BCUT2D eigenvalue weighted by Gasteiger charge is -2.27. The van der Waals surface area contributed by atoms with Crippen LogP contribution in [0.15, 0.2) is 59.9 Å². The van der Waals surface area contributed by atoms with Gasteiger partial charge in [0.2, 0.25) is 5.79 Å². The second kappa shape index (κ2) is 3.76. The fourth-order valence-electron chi connectivity index (χ4n) is 2.08. The molecule has 80 valence electrons. The lowest BCUT2D eigenvalue weighted by atomic mass is 9.98. The smallest absolute Gasteiger partial charge is 0.229 e. The van der Waals surface area contributed by atoms with Crippen molar-refractivity contribution in [1.82, 2.24) is 0 Å². The molecule has 0 saturated carbocycles. The maximum atomic E-state index is 5.82. The molecule has 1 aromatic carbocycles. The molecule has 0 atom stereocenters. The zero-order valence-corrected chi connectivity index (χ0v) is 8.85.